The summed E-state index contributed by atoms with van der Waals surface area (Å²) in [6.07, 6.45) is -0.602. The van der Waals surface area contributed by atoms with Gasteiger partial charge in [0.25, 0.3) is 0 Å². The summed E-state index contributed by atoms with van der Waals surface area (Å²) in [5.74, 6) is -3.03. The van der Waals surface area contributed by atoms with Crippen LogP contribution >= 0.6 is 0 Å². The zero-order valence-corrected chi connectivity index (χ0v) is 21.1. The molecule has 36 heavy (non-hydrogen) atoms. The molecule has 2 aromatic carbocycles. The van der Waals surface area contributed by atoms with E-state index >= 15 is 0 Å². The van der Waals surface area contributed by atoms with E-state index in [2.05, 4.69) is 16.0 Å². The molecule has 0 fully saturated rings. The van der Waals surface area contributed by atoms with Gasteiger partial charge in [0.15, 0.2) is 0 Å². The first-order valence-electron chi connectivity index (χ1n) is 11.9. The second-order valence-electron chi connectivity index (χ2n) is 9.25. The number of carboxylic acid groups (broad SMARTS) is 1. The smallest absolute Gasteiger partial charge is 0.408 e. The molecule has 9 heteroatoms. The summed E-state index contributed by atoms with van der Waals surface area (Å²) >= 11 is 0. The van der Waals surface area contributed by atoms with Gasteiger partial charge in [0, 0.05) is 6.42 Å². The Kier molecular flexibility index (Phi) is 10.9. The highest BCUT2D eigenvalue weighted by Crippen LogP contribution is 2.09. The van der Waals surface area contributed by atoms with Crippen LogP contribution in [0.25, 0.3) is 0 Å². The number of carbonyl (C=O) groups excluding carboxylic acids is 3. The van der Waals surface area contributed by atoms with Crippen LogP contribution in [0.4, 0.5) is 4.79 Å². The van der Waals surface area contributed by atoms with Crippen LogP contribution in [0, 0.1) is 11.8 Å². The van der Waals surface area contributed by atoms with Crippen LogP contribution in [0.15, 0.2) is 60.7 Å². The van der Waals surface area contributed by atoms with Crippen LogP contribution in [0.5, 0.6) is 0 Å². The summed E-state index contributed by atoms with van der Waals surface area (Å²) < 4.78 is 5.28. The molecular formula is C27H35N3O6. The Morgan fingerprint density at radius 3 is 1.72 bits per heavy atom. The molecule has 0 saturated heterocycles. The average Bonchev–Trinajstić information content (AvgIpc) is 2.84. The SMILES string of the molecule is CC(C)[C@H](NC(=O)[C@@H](NC(=O)[C@H](Cc1ccccc1)NC(=O)OCc1ccccc1)C(C)C)C(=O)O. The number of nitrogens with one attached hydrogen (secondary N) is 3. The minimum atomic E-state index is -1.16. The molecule has 3 atom stereocenters. The van der Waals surface area contributed by atoms with Gasteiger partial charge in [0.2, 0.25) is 11.8 Å². The van der Waals surface area contributed by atoms with Gasteiger partial charge in [-0.05, 0) is 23.0 Å². The fourth-order valence-corrected chi connectivity index (χ4v) is 3.51. The molecule has 9 nitrogen and oxygen atoms in total. The van der Waals surface area contributed by atoms with Crippen molar-refractivity contribution in [2.45, 2.75) is 58.8 Å². The first kappa shape index (κ1) is 28.4. The third-order valence-electron chi connectivity index (χ3n) is 5.58. The van der Waals surface area contributed by atoms with E-state index in [1.54, 1.807) is 27.7 Å². The number of amides is 3. The second kappa shape index (κ2) is 13.9. The Bertz CT molecular complexity index is 1010. The zero-order valence-electron chi connectivity index (χ0n) is 21.1. The minimum absolute atomic E-state index is 0.0369. The van der Waals surface area contributed by atoms with Crippen molar-refractivity contribution in [1.82, 2.24) is 16.0 Å². The van der Waals surface area contributed by atoms with Gasteiger partial charge in [0.1, 0.15) is 24.7 Å². The van der Waals surface area contributed by atoms with Crippen molar-refractivity contribution < 1.29 is 29.0 Å². The molecule has 0 heterocycles. The zero-order chi connectivity index (χ0) is 26.7. The maximum atomic E-state index is 13.3. The topological polar surface area (TPSA) is 134 Å². The lowest BCUT2D eigenvalue weighted by atomic mass is 9.99. The second-order valence-corrected chi connectivity index (χ2v) is 9.25. The van der Waals surface area contributed by atoms with Crippen LogP contribution in [-0.4, -0.2) is 47.1 Å². The average molecular weight is 498 g/mol. The van der Waals surface area contributed by atoms with Crippen molar-refractivity contribution in [3.05, 3.63) is 71.8 Å². The minimum Gasteiger partial charge on any atom is -0.480 e. The number of hydrogen-bond donors (Lipinski definition) is 4. The fourth-order valence-electron chi connectivity index (χ4n) is 3.51. The normalized spacial score (nSPS) is 13.4. The third kappa shape index (κ3) is 9.05. The van der Waals surface area contributed by atoms with E-state index in [4.69, 9.17) is 4.74 Å². The van der Waals surface area contributed by atoms with Crippen molar-refractivity contribution in [1.29, 1.82) is 0 Å². The van der Waals surface area contributed by atoms with Crippen molar-refractivity contribution in [3.8, 4) is 0 Å². The van der Waals surface area contributed by atoms with Gasteiger partial charge < -0.3 is 25.8 Å². The summed E-state index contributed by atoms with van der Waals surface area (Å²) in [6, 6.07) is 15.1. The summed E-state index contributed by atoms with van der Waals surface area (Å²) in [4.78, 5) is 50.2. The first-order chi connectivity index (χ1) is 17.1. The molecule has 0 radical (unpaired) electrons. The van der Waals surface area contributed by atoms with Crippen LogP contribution in [0.2, 0.25) is 0 Å². The van der Waals surface area contributed by atoms with E-state index in [0.29, 0.717) is 0 Å². The number of carbonyl (C=O) groups is 4. The standard InChI is InChI=1S/C27H35N3O6/c1-17(2)22(25(32)30-23(18(3)4)26(33)34)29-24(31)21(15-19-11-7-5-8-12-19)28-27(35)36-16-20-13-9-6-10-14-20/h5-14,17-18,21-23H,15-16H2,1-4H3,(H,28,35)(H,29,31)(H,30,32)(H,33,34)/t21-,22-,23-/m0/s1. The summed E-state index contributed by atoms with van der Waals surface area (Å²) in [5, 5.41) is 17.2. The highest BCUT2D eigenvalue weighted by atomic mass is 16.5. The van der Waals surface area contributed by atoms with Crippen molar-refractivity contribution in [2.24, 2.45) is 11.8 Å². The Hall–Kier alpha value is -3.88. The van der Waals surface area contributed by atoms with Crippen LogP contribution < -0.4 is 16.0 Å². The van der Waals surface area contributed by atoms with Crippen molar-refractivity contribution >= 4 is 23.9 Å². The number of rotatable bonds is 12. The van der Waals surface area contributed by atoms with Gasteiger partial charge >= 0.3 is 12.1 Å². The largest absolute Gasteiger partial charge is 0.480 e. The molecule has 4 N–H and O–H groups in total. The number of benzene rings is 2. The van der Waals surface area contributed by atoms with Gasteiger partial charge in [-0.25, -0.2) is 9.59 Å². The molecular weight excluding hydrogens is 462 g/mol. The summed E-state index contributed by atoms with van der Waals surface area (Å²) in [7, 11) is 0. The molecule has 194 valence electrons. The Balaban J connectivity index is 2.14. The van der Waals surface area contributed by atoms with E-state index < -0.39 is 42.0 Å². The molecule has 0 unspecified atom stereocenters. The Morgan fingerprint density at radius 2 is 1.22 bits per heavy atom. The van der Waals surface area contributed by atoms with E-state index in [-0.39, 0.29) is 24.9 Å². The first-order valence-corrected chi connectivity index (χ1v) is 11.9. The maximum Gasteiger partial charge on any atom is 0.408 e. The Labute approximate surface area is 211 Å². The number of ether oxygens (including phenoxy) is 1. The van der Waals surface area contributed by atoms with E-state index in [1.165, 1.54) is 0 Å². The van der Waals surface area contributed by atoms with E-state index in [9.17, 15) is 24.3 Å². The molecule has 2 rings (SSSR count). The maximum absolute atomic E-state index is 13.3. The lowest BCUT2D eigenvalue weighted by Crippen LogP contribution is -2.58. The summed E-state index contributed by atoms with van der Waals surface area (Å²) in [5.41, 5.74) is 1.60. The van der Waals surface area contributed by atoms with Crippen LogP contribution in [0.3, 0.4) is 0 Å². The van der Waals surface area contributed by atoms with Crippen LogP contribution in [-0.2, 0) is 32.1 Å². The molecule has 0 aliphatic carbocycles. The molecule has 0 spiro atoms. The number of aliphatic carboxylic acids is 1. The van der Waals surface area contributed by atoms with Gasteiger partial charge in [-0.2, -0.15) is 0 Å². The fraction of sp³-hybridized carbons (Fsp3) is 0.407. The monoisotopic (exact) mass is 497 g/mol. The summed E-state index contributed by atoms with van der Waals surface area (Å²) in [6.45, 7) is 6.88. The number of carboxylic acids is 1. The quantitative estimate of drug-likeness (QED) is 0.356. The predicted octanol–water partition coefficient (Wildman–Crippen LogP) is 2.89. The molecule has 0 aromatic heterocycles. The van der Waals surface area contributed by atoms with Gasteiger partial charge in [-0.3, -0.25) is 9.59 Å². The molecule has 2 aromatic rings. The lowest BCUT2D eigenvalue weighted by molar-refractivity contribution is -0.143. The highest BCUT2D eigenvalue weighted by molar-refractivity contribution is 5.93. The van der Waals surface area contributed by atoms with Crippen molar-refractivity contribution in [3.63, 3.8) is 0 Å². The molecule has 0 saturated carbocycles. The van der Waals surface area contributed by atoms with Crippen molar-refractivity contribution in [2.75, 3.05) is 0 Å². The van der Waals surface area contributed by atoms with Gasteiger partial charge in [0.05, 0.1) is 0 Å². The number of alkyl carbamates (subject to hydrolysis) is 1. The predicted molar refractivity (Wildman–Crippen MR) is 135 cm³/mol. The highest BCUT2D eigenvalue weighted by Gasteiger charge is 2.32. The Morgan fingerprint density at radius 1 is 0.722 bits per heavy atom. The van der Waals surface area contributed by atoms with Crippen LogP contribution in [0.1, 0.15) is 38.8 Å². The molecule has 0 aliphatic heterocycles. The molecule has 0 bridgehead atoms. The third-order valence-corrected chi connectivity index (χ3v) is 5.58. The van der Waals surface area contributed by atoms with Gasteiger partial charge in [-0.1, -0.05) is 88.4 Å². The van der Waals surface area contributed by atoms with E-state index in [0.717, 1.165) is 11.1 Å². The van der Waals surface area contributed by atoms with Gasteiger partial charge in [-0.15, -0.1) is 0 Å². The van der Waals surface area contributed by atoms with E-state index in [1.807, 2.05) is 60.7 Å². The molecule has 0 aliphatic rings. The number of hydrogen-bond acceptors (Lipinski definition) is 5. The molecule has 3 amide bonds. The lowest BCUT2D eigenvalue weighted by Gasteiger charge is -2.27.